The number of benzene rings is 1. The maximum atomic E-state index is 12.6. The molecule has 1 heterocycles. The fourth-order valence-corrected chi connectivity index (χ4v) is 2.72. The highest BCUT2D eigenvalue weighted by atomic mass is 16.5. The molecule has 1 aliphatic rings. The molecule has 0 saturated carbocycles. The minimum Gasteiger partial charge on any atom is -0.493 e. The Morgan fingerprint density at radius 1 is 1.22 bits per heavy atom. The Kier molecular flexibility index (Phi) is 6.71. The largest absolute Gasteiger partial charge is 0.493 e. The average molecular weight is 321 g/mol. The Morgan fingerprint density at radius 3 is 2.57 bits per heavy atom. The Labute approximate surface area is 138 Å². The summed E-state index contributed by atoms with van der Waals surface area (Å²) in [4.78, 5) is 14.5. The number of piperidine rings is 1. The molecular weight excluding hydrogens is 294 g/mol. The van der Waals surface area contributed by atoms with Gasteiger partial charge in [0.2, 0.25) is 0 Å². The van der Waals surface area contributed by atoms with E-state index in [-0.39, 0.29) is 12.0 Å². The first-order chi connectivity index (χ1) is 11.2. The van der Waals surface area contributed by atoms with Crippen molar-refractivity contribution in [3.63, 3.8) is 0 Å². The van der Waals surface area contributed by atoms with E-state index in [1.165, 1.54) is 0 Å². The molecule has 0 atom stereocenters. The molecule has 0 aliphatic carbocycles. The zero-order chi connectivity index (χ0) is 16.7. The van der Waals surface area contributed by atoms with Crippen LogP contribution in [0.25, 0.3) is 0 Å². The molecule has 23 heavy (non-hydrogen) atoms. The number of carbonyl (C=O) groups excluding carboxylic acids is 1. The first-order valence-electron chi connectivity index (χ1n) is 8.32. The first-order valence-corrected chi connectivity index (χ1v) is 8.32. The van der Waals surface area contributed by atoms with Crippen LogP contribution in [0.5, 0.6) is 11.5 Å². The van der Waals surface area contributed by atoms with Gasteiger partial charge < -0.3 is 19.1 Å². The van der Waals surface area contributed by atoms with Crippen LogP contribution in [0.1, 0.15) is 43.0 Å². The molecule has 5 nitrogen and oxygen atoms in total. The van der Waals surface area contributed by atoms with Gasteiger partial charge in [-0.1, -0.05) is 13.3 Å². The standard InChI is InChI=1S/C18H27NO4/c1-4-5-12-23-16-7-6-14(13-17(16)22-3)18(20)19-10-8-15(21-2)9-11-19/h6-7,13,15H,4-5,8-12H2,1-3H3. The van der Waals surface area contributed by atoms with Crippen molar-refractivity contribution >= 4 is 5.91 Å². The number of hydrogen-bond acceptors (Lipinski definition) is 4. The first kappa shape index (κ1) is 17.6. The molecule has 128 valence electrons. The fraction of sp³-hybridized carbons (Fsp3) is 0.611. The molecule has 0 unspecified atom stereocenters. The Balaban J connectivity index is 2.03. The minimum absolute atomic E-state index is 0.0398. The highest BCUT2D eigenvalue weighted by Crippen LogP contribution is 2.29. The van der Waals surface area contributed by atoms with Gasteiger partial charge in [-0.3, -0.25) is 4.79 Å². The zero-order valence-electron chi connectivity index (χ0n) is 14.3. The molecule has 1 aliphatic heterocycles. The summed E-state index contributed by atoms with van der Waals surface area (Å²) < 4.78 is 16.4. The van der Waals surface area contributed by atoms with Crippen molar-refractivity contribution in [2.75, 3.05) is 33.9 Å². The van der Waals surface area contributed by atoms with Gasteiger partial charge in [-0.2, -0.15) is 0 Å². The van der Waals surface area contributed by atoms with Gasteiger partial charge in [0.25, 0.3) is 5.91 Å². The monoisotopic (exact) mass is 321 g/mol. The summed E-state index contributed by atoms with van der Waals surface area (Å²) >= 11 is 0. The van der Waals surface area contributed by atoms with Crippen LogP contribution in [0.3, 0.4) is 0 Å². The van der Waals surface area contributed by atoms with Gasteiger partial charge >= 0.3 is 0 Å². The predicted molar refractivity (Wildman–Crippen MR) is 89.3 cm³/mol. The second-order valence-corrected chi connectivity index (χ2v) is 5.79. The molecule has 1 aromatic carbocycles. The highest BCUT2D eigenvalue weighted by Gasteiger charge is 2.24. The zero-order valence-corrected chi connectivity index (χ0v) is 14.3. The van der Waals surface area contributed by atoms with Gasteiger partial charge in [0, 0.05) is 25.8 Å². The summed E-state index contributed by atoms with van der Waals surface area (Å²) in [6.07, 6.45) is 4.12. The van der Waals surface area contributed by atoms with Crippen LogP contribution in [0, 0.1) is 0 Å². The van der Waals surface area contributed by atoms with Crippen molar-refractivity contribution in [3.8, 4) is 11.5 Å². The number of carbonyl (C=O) groups is 1. The van der Waals surface area contributed by atoms with Crippen LogP contribution in [0.2, 0.25) is 0 Å². The Bertz CT molecular complexity index is 510. The van der Waals surface area contributed by atoms with Crippen molar-refractivity contribution in [2.24, 2.45) is 0 Å². The van der Waals surface area contributed by atoms with Crippen LogP contribution in [-0.4, -0.2) is 50.8 Å². The van der Waals surface area contributed by atoms with Crippen LogP contribution >= 0.6 is 0 Å². The van der Waals surface area contributed by atoms with Gasteiger partial charge in [-0.25, -0.2) is 0 Å². The normalized spacial score (nSPS) is 15.5. The lowest BCUT2D eigenvalue weighted by atomic mass is 10.1. The van der Waals surface area contributed by atoms with Gasteiger partial charge in [0.05, 0.1) is 19.8 Å². The summed E-state index contributed by atoms with van der Waals surface area (Å²) in [6, 6.07) is 5.41. The van der Waals surface area contributed by atoms with E-state index in [4.69, 9.17) is 14.2 Å². The molecule has 1 fully saturated rings. The van der Waals surface area contributed by atoms with Crippen molar-refractivity contribution in [2.45, 2.75) is 38.7 Å². The lowest BCUT2D eigenvalue weighted by Gasteiger charge is -2.31. The van der Waals surface area contributed by atoms with Crippen molar-refractivity contribution in [1.29, 1.82) is 0 Å². The molecule has 0 bridgehead atoms. The third kappa shape index (κ3) is 4.61. The maximum Gasteiger partial charge on any atom is 0.253 e. The molecule has 5 heteroatoms. The molecule has 0 radical (unpaired) electrons. The molecular formula is C18H27NO4. The van der Waals surface area contributed by atoms with Gasteiger partial charge in [0.15, 0.2) is 11.5 Å². The summed E-state index contributed by atoms with van der Waals surface area (Å²) in [7, 11) is 3.32. The SMILES string of the molecule is CCCCOc1ccc(C(=O)N2CCC(OC)CC2)cc1OC. The molecule has 1 amide bonds. The second-order valence-electron chi connectivity index (χ2n) is 5.79. The quantitative estimate of drug-likeness (QED) is 0.724. The average Bonchev–Trinajstić information content (AvgIpc) is 2.61. The van der Waals surface area contributed by atoms with E-state index >= 15 is 0 Å². The van der Waals surface area contributed by atoms with Crippen LogP contribution in [-0.2, 0) is 4.74 Å². The third-order valence-electron chi connectivity index (χ3n) is 4.23. The topological polar surface area (TPSA) is 48.0 Å². The summed E-state index contributed by atoms with van der Waals surface area (Å²) in [5.74, 6) is 1.34. The van der Waals surface area contributed by atoms with Crippen LogP contribution in [0.4, 0.5) is 0 Å². The van der Waals surface area contributed by atoms with E-state index in [1.807, 2.05) is 17.0 Å². The molecule has 2 rings (SSSR count). The summed E-state index contributed by atoms with van der Waals surface area (Å²) in [6.45, 7) is 4.24. The van der Waals surface area contributed by atoms with E-state index in [9.17, 15) is 4.79 Å². The maximum absolute atomic E-state index is 12.6. The number of hydrogen-bond donors (Lipinski definition) is 0. The lowest BCUT2D eigenvalue weighted by Crippen LogP contribution is -2.40. The van der Waals surface area contributed by atoms with E-state index in [0.29, 0.717) is 23.7 Å². The van der Waals surface area contributed by atoms with E-state index in [2.05, 4.69) is 6.92 Å². The number of likely N-dealkylation sites (tertiary alicyclic amines) is 1. The van der Waals surface area contributed by atoms with Crippen molar-refractivity contribution in [3.05, 3.63) is 23.8 Å². The Hall–Kier alpha value is -1.75. The predicted octanol–water partition coefficient (Wildman–Crippen LogP) is 3.13. The Morgan fingerprint density at radius 2 is 1.96 bits per heavy atom. The summed E-state index contributed by atoms with van der Waals surface area (Å²) in [5, 5.41) is 0. The van der Waals surface area contributed by atoms with Crippen molar-refractivity contribution in [1.82, 2.24) is 4.90 Å². The molecule has 1 aromatic rings. The number of ether oxygens (including phenoxy) is 3. The second kappa shape index (κ2) is 8.77. The van der Waals surface area contributed by atoms with Crippen LogP contribution in [0.15, 0.2) is 18.2 Å². The molecule has 0 N–H and O–H groups in total. The van der Waals surface area contributed by atoms with Gasteiger partial charge in [0.1, 0.15) is 0 Å². The van der Waals surface area contributed by atoms with Gasteiger partial charge in [-0.05, 0) is 37.5 Å². The molecule has 0 spiro atoms. The lowest BCUT2D eigenvalue weighted by molar-refractivity contribution is 0.0350. The molecule has 1 saturated heterocycles. The number of amides is 1. The van der Waals surface area contributed by atoms with Crippen LogP contribution < -0.4 is 9.47 Å². The van der Waals surface area contributed by atoms with E-state index < -0.39 is 0 Å². The number of nitrogens with zero attached hydrogens (tertiary/aromatic N) is 1. The number of methoxy groups -OCH3 is 2. The fourth-order valence-electron chi connectivity index (χ4n) is 2.72. The molecule has 0 aromatic heterocycles. The highest BCUT2D eigenvalue weighted by molar-refractivity contribution is 5.95. The number of unbranched alkanes of at least 4 members (excludes halogenated alkanes) is 1. The summed E-state index contributed by atoms with van der Waals surface area (Å²) in [5.41, 5.74) is 0.639. The number of rotatable bonds is 7. The smallest absolute Gasteiger partial charge is 0.253 e. The van der Waals surface area contributed by atoms with Gasteiger partial charge in [-0.15, -0.1) is 0 Å². The third-order valence-corrected chi connectivity index (χ3v) is 4.23. The minimum atomic E-state index is 0.0398. The van der Waals surface area contributed by atoms with E-state index in [0.717, 1.165) is 38.8 Å². The van der Waals surface area contributed by atoms with Crippen molar-refractivity contribution < 1.29 is 19.0 Å². The van der Waals surface area contributed by atoms with E-state index in [1.54, 1.807) is 20.3 Å².